The summed E-state index contributed by atoms with van der Waals surface area (Å²) in [6.45, 7) is 5.20. The van der Waals surface area contributed by atoms with Crippen LogP contribution in [0.2, 0.25) is 0 Å². The summed E-state index contributed by atoms with van der Waals surface area (Å²) in [4.78, 5) is 22.1. The fraction of sp³-hybridized carbons (Fsp3) is 0.375. The van der Waals surface area contributed by atoms with Gasteiger partial charge in [0.25, 0.3) is 0 Å². The van der Waals surface area contributed by atoms with Crippen LogP contribution in [0.4, 0.5) is 0 Å². The van der Waals surface area contributed by atoms with Gasteiger partial charge in [0.15, 0.2) is 0 Å². The molecular formula is C8H10NO3. The van der Waals surface area contributed by atoms with Gasteiger partial charge < -0.3 is 10.1 Å². The molecular weight excluding hydrogens is 158 g/mol. The molecule has 0 aromatic rings. The van der Waals surface area contributed by atoms with E-state index in [1.165, 1.54) is 7.11 Å². The zero-order valence-electron chi connectivity index (χ0n) is 7.01. The molecule has 1 atom stereocenters. The first-order valence-electron chi connectivity index (χ1n) is 3.51. The summed E-state index contributed by atoms with van der Waals surface area (Å²) in [6, 6.07) is 0. The lowest BCUT2D eigenvalue weighted by atomic mass is 10.0. The third kappa shape index (κ3) is 1.20. The van der Waals surface area contributed by atoms with Gasteiger partial charge in [0, 0.05) is 5.70 Å². The maximum atomic E-state index is 11.1. The third-order valence-electron chi connectivity index (χ3n) is 1.78. The second-order valence-corrected chi connectivity index (χ2v) is 2.57. The standard InChI is InChI=1S/C8H10NO3/c1-4-6(8(11)12-3)5(2)9-7(4)10/h4H,1H2,2-3H3,(H,9,10). The van der Waals surface area contributed by atoms with Crippen molar-refractivity contribution in [1.29, 1.82) is 0 Å². The normalized spacial score (nSPS) is 22.6. The molecule has 1 N–H and O–H groups in total. The first kappa shape index (κ1) is 8.77. The van der Waals surface area contributed by atoms with Crippen LogP contribution in [-0.2, 0) is 14.3 Å². The van der Waals surface area contributed by atoms with Gasteiger partial charge >= 0.3 is 5.97 Å². The van der Waals surface area contributed by atoms with Gasteiger partial charge in [-0.2, -0.15) is 0 Å². The zero-order valence-corrected chi connectivity index (χ0v) is 7.01. The number of allylic oxidation sites excluding steroid dienone is 1. The summed E-state index contributed by atoms with van der Waals surface area (Å²) in [5.41, 5.74) is 0.856. The van der Waals surface area contributed by atoms with Crippen LogP contribution in [0.15, 0.2) is 11.3 Å². The molecule has 0 spiro atoms. The monoisotopic (exact) mass is 168 g/mol. The molecule has 0 aliphatic carbocycles. The Kier molecular flexibility index (Phi) is 2.17. The number of carbonyl (C=O) groups is 2. The van der Waals surface area contributed by atoms with Crippen LogP contribution in [0.25, 0.3) is 0 Å². The average Bonchev–Trinajstić information content (AvgIpc) is 2.26. The van der Waals surface area contributed by atoms with Gasteiger partial charge in [0.1, 0.15) is 0 Å². The second-order valence-electron chi connectivity index (χ2n) is 2.57. The molecule has 0 saturated carbocycles. The first-order chi connectivity index (χ1) is 5.57. The molecule has 1 amide bonds. The second kappa shape index (κ2) is 2.97. The van der Waals surface area contributed by atoms with E-state index < -0.39 is 11.9 Å². The molecule has 0 fully saturated rings. The lowest BCUT2D eigenvalue weighted by Crippen LogP contribution is -2.20. The Morgan fingerprint density at radius 2 is 2.25 bits per heavy atom. The van der Waals surface area contributed by atoms with Gasteiger partial charge in [-0.05, 0) is 13.8 Å². The highest BCUT2D eigenvalue weighted by molar-refractivity contribution is 6.02. The van der Waals surface area contributed by atoms with Crippen LogP contribution in [0, 0.1) is 12.8 Å². The fourth-order valence-electron chi connectivity index (χ4n) is 1.14. The SMILES string of the molecule is [CH2]C1C(=O)NC(C)=C1C(=O)OC. The molecule has 0 aromatic carbocycles. The molecule has 0 bridgehead atoms. The Bertz CT molecular complexity index is 267. The quantitative estimate of drug-likeness (QED) is 0.561. The number of nitrogens with one attached hydrogen (secondary N) is 1. The molecule has 12 heavy (non-hydrogen) atoms. The van der Waals surface area contributed by atoms with E-state index in [0.29, 0.717) is 11.3 Å². The van der Waals surface area contributed by atoms with E-state index in [-0.39, 0.29) is 5.91 Å². The number of ether oxygens (including phenoxy) is 1. The van der Waals surface area contributed by atoms with E-state index in [9.17, 15) is 9.59 Å². The maximum Gasteiger partial charge on any atom is 0.336 e. The molecule has 1 rings (SSSR count). The van der Waals surface area contributed by atoms with E-state index in [2.05, 4.69) is 17.0 Å². The minimum atomic E-state index is -0.641. The van der Waals surface area contributed by atoms with Crippen LogP contribution < -0.4 is 5.32 Å². The number of methoxy groups -OCH3 is 1. The lowest BCUT2D eigenvalue weighted by molar-refractivity contribution is -0.137. The molecule has 0 aromatic heterocycles. The minimum Gasteiger partial charge on any atom is -0.466 e. The first-order valence-corrected chi connectivity index (χ1v) is 3.51. The molecule has 1 radical (unpaired) electrons. The Hall–Kier alpha value is -1.32. The summed E-state index contributed by atoms with van der Waals surface area (Å²) in [7, 11) is 1.28. The number of amides is 1. The van der Waals surface area contributed by atoms with Gasteiger partial charge in [0.05, 0.1) is 18.6 Å². The van der Waals surface area contributed by atoms with Crippen molar-refractivity contribution in [1.82, 2.24) is 5.32 Å². The predicted octanol–water partition coefficient (Wildman–Crippen LogP) is 0.0135. The van der Waals surface area contributed by atoms with Gasteiger partial charge in [-0.3, -0.25) is 4.79 Å². The average molecular weight is 168 g/mol. The highest BCUT2D eigenvalue weighted by Crippen LogP contribution is 2.21. The summed E-state index contributed by atoms with van der Waals surface area (Å²) in [6.07, 6.45) is 0. The van der Waals surface area contributed by atoms with Gasteiger partial charge in [-0.1, -0.05) is 0 Å². The van der Waals surface area contributed by atoms with Crippen molar-refractivity contribution in [3.05, 3.63) is 18.2 Å². The van der Waals surface area contributed by atoms with Gasteiger partial charge in [-0.15, -0.1) is 0 Å². The molecule has 65 valence electrons. The molecule has 1 aliphatic heterocycles. The third-order valence-corrected chi connectivity index (χ3v) is 1.78. The summed E-state index contributed by atoms with van der Waals surface area (Å²) in [5.74, 6) is -1.39. The Labute approximate surface area is 70.6 Å². The molecule has 1 aliphatic rings. The molecule has 4 heteroatoms. The van der Waals surface area contributed by atoms with Crippen molar-refractivity contribution in [2.75, 3.05) is 7.11 Å². The molecule has 0 saturated heterocycles. The maximum absolute atomic E-state index is 11.1. The summed E-state index contributed by atoms with van der Waals surface area (Å²) in [5, 5.41) is 2.51. The van der Waals surface area contributed by atoms with Crippen molar-refractivity contribution >= 4 is 11.9 Å². The topological polar surface area (TPSA) is 55.4 Å². The van der Waals surface area contributed by atoms with Crippen LogP contribution in [0.3, 0.4) is 0 Å². The molecule has 1 heterocycles. The highest BCUT2D eigenvalue weighted by atomic mass is 16.5. The van der Waals surface area contributed by atoms with Crippen molar-refractivity contribution in [2.24, 2.45) is 5.92 Å². The fourth-order valence-corrected chi connectivity index (χ4v) is 1.14. The van der Waals surface area contributed by atoms with E-state index in [0.717, 1.165) is 0 Å². The smallest absolute Gasteiger partial charge is 0.336 e. The van der Waals surface area contributed by atoms with E-state index in [1.807, 2.05) is 0 Å². The Balaban J connectivity index is 2.95. The number of rotatable bonds is 1. The Morgan fingerprint density at radius 1 is 1.67 bits per heavy atom. The van der Waals surface area contributed by atoms with Crippen molar-refractivity contribution in [3.8, 4) is 0 Å². The highest BCUT2D eigenvalue weighted by Gasteiger charge is 2.32. The number of carbonyl (C=O) groups excluding carboxylic acids is 2. The minimum absolute atomic E-state index is 0.257. The van der Waals surface area contributed by atoms with Crippen LogP contribution in [0.1, 0.15) is 6.92 Å². The number of hydrogen-bond acceptors (Lipinski definition) is 3. The van der Waals surface area contributed by atoms with Gasteiger partial charge in [0.2, 0.25) is 5.91 Å². The van der Waals surface area contributed by atoms with Gasteiger partial charge in [-0.25, -0.2) is 4.79 Å². The largest absolute Gasteiger partial charge is 0.466 e. The number of esters is 1. The predicted molar refractivity (Wildman–Crippen MR) is 41.7 cm³/mol. The van der Waals surface area contributed by atoms with Crippen LogP contribution in [0.5, 0.6) is 0 Å². The van der Waals surface area contributed by atoms with Crippen molar-refractivity contribution < 1.29 is 14.3 Å². The number of hydrogen-bond donors (Lipinski definition) is 1. The van der Waals surface area contributed by atoms with Crippen molar-refractivity contribution in [2.45, 2.75) is 6.92 Å². The summed E-state index contributed by atoms with van der Waals surface area (Å²) >= 11 is 0. The molecule has 1 unspecified atom stereocenters. The lowest BCUT2D eigenvalue weighted by Gasteiger charge is -2.03. The van der Waals surface area contributed by atoms with E-state index >= 15 is 0 Å². The van der Waals surface area contributed by atoms with E-state index in [1.54, 1.807) is 6.92 Å². The van der Waals surface area contributed by atoms with Crippen molar-refractivity contribution in [3.63, 3.8) is 0 Å². The summed E-state index contributed by atoms with van der Waals surface area (Å²) < 4.78 is 4.49. The van der Waals surface area contributed by atoms with E-state index in [4.69, 9.17) is 0 Å². The Morgan fingerprint density at radius 3 is 2.58 bits per heavy atom. The van der Waals surface area contributed by atoms with Crippen LogP contribution >= 0.6 is 0 Å². The zero-order chi connectivity index (χ0) is 9.30. The van der Waals surface area contributed by atoms with Crippen LogP contribution in [-0.4, -0.2) is 19.0 Å². The molecule has 4 nitrogen and oxygen atoms in total.